The summed E-state index contributed by atoms with van der Waals surface area (Å²) in [6, 6.07) is 14.8. The maximum absolute atomic E-state index is 11.8. The van der Waals surface area contributed by atoms with Crippen molar-refractivity contribution in [1.29, 1.82) is 0 Å². The van der Waals surface area contributed by atoms with Crippen LogP contribution in [0.2, 0.25) is 0 Å². The van der Waals surface area contributed by atoms with Crippen molar-refractivity contribution in [3.05, 3.63) is 60.3 Å². The number of carboxylic acids is 1. The zero-order valence-electron chi connectivity index (χ0n) is 18.9. The maximum Gasteiger partial charge on any atom is 0.417 e. The van der Waals surface area contributed by atoms with Crippen LogP contribution in [0.1, 0.15) is 18.4 Å². The highest BCUT2D eigenvalue weighted by Crippen LogP contribution is 2.34. The Morgan fingerprint density at radius 2 is 1.91 bits per heavy atom. The zero-order valence-corrected chi connectivity index (χ0v) is 18.9. The summed E-state index contributed by atoms with van der Waals surface area (Å²) in [6.45, 7) is 1.38. The Hall–Kier alpha value is -3.56. The van der Waals surface area contributed by atoms with E-state index in [4.69, 9.17) is 19.3 Å². The van der Waals surface area contributed by atoms with Gasteiger partial charge in [-0.05, 0) is 48.7 Å². The van der Waals surface area contributed by atoms with Gasteiger partial charge < -0.3 is 29.4 Å². The van der Waals surface area contributed by atoms with Gasteiger partial charge in [0, 0.05) is 36.7 Å². The number of aliphatic carboxylic acids is 1. The Morgan fingerprint density at radius 3 is 2.65 bits per heavy atom. The molecule has 1 saturated heterocycles. The minimum atomic E-state index is -1.65. The Balaban J connectivity index is 1.40. The molecule has 9 nitrogen and oxygen atoms in total. The van der Waals surface area contributed by atoms with Crippen LogP contribution in [0.3, 0.4) is 0 Å². The van der Waals surface area contributed by atoms with Crippen LogP contribution in [0.4, 0.5) is 0 Å². The number of nitrogens with zero attached hydrogens (tertiary/aromatic N) is 1. The second kappa shape index (κ2) is 10.1. The van der Waals surface area contributed by atoms with Crippen LogP contribution in [-0.2, 0) is 19.9 Å². The van der Waals surface area contributed by atoms with Crippen molar-refractivity contribution >= 4 is 22.8 Å². The van der Waals surface area contributed by atoms with Gasteiger partial charge >= 0.3 is 11.9 Å². The third-order valence-corrected chi connectivity index (χ3v) is 6.18. The molecule has 1 fully saturated rings. The number of aliphatic hydroxyl groups is 1. The number of likely N-dealkylation sites (tertiary alicyclic amines) is 1. The molecule has 1 aliphatic heterocycles. The van der Waals surface area contributed by atoms with E-state index in [-0.39, 0.29) is 13.2 Å². The number of nitrogens with one attached hydrogen (secondary N) is 1. The van der Waals surface area contributed by atoms with E-state index in [1.807, 2.05) is 47.4 Å². The standard InChI is InChI=1S/C25H28N2O7/c1-32-18-5-2-4-17(14-18)25(31)9-12-27(13-10-25)15-19(34-24(30)23(28)29)16-33-22-7-3-6-21-20(22)8-11-26-21/h2-8,11,14,19,26,31H,9-10,12-13,15-16H2,1H3,(H,28,29)/t19-/m0/s1. The Bertz CT molecular complexity index is 1150. The number of carboxylic acid groups (broad SMARTS) is 1. The monoisotopic (exact) mass is 468 g/mol. The van der Waals surface area contributed by atoms with Gasteiger partial charge in [0.25, 0.3) is 0 Å². The number of H-pyrrole nitrogens is 1. The molecule has 3 N–H and O–H groups in total. The number of rotatable bonds is 8. The van der Waals surface area contributed by atoms with Crippen LogP contribution in [0.5, 0.6) is 11.5 Å². The third kappa shape index (κ3) is 5.32. The van der Waals surface area contributed by atoms with Gasteiger partial charge in [-0.25, -0.2) is 9.59 Å². The van der Waals surface area contributed by atoms with E-state index < -0.39 is 23.6 Å². The molecular weight excluding hydrogens is 440 g/mol. The van der Waals surface area contributed by atoms with Crippen molar-refractivity contribution < 1.29 is 34.0 Å². The van der Waals surface area contributed by atoms with Crippen LogP contribution >= 0.6 is 0 Å². The van der Waals surface area contributed by atoms with Gasteiger partial charge in [0.05, 0.1) is 12.7 Å². The number of methoxy groups -OCH3 is 1. The smallest absolute Gasteiger partial charge is 0.417 e. The third-order valence-electron chi connectivity index (χ3n) is 6.18. The fourth-order valence-electron chi connectivity index (χ4n) is 4.29. The number of benzene rings is 2. The highest BCUT2D eigenvalue weighted by Gasteiger charge is 2.35. The van der Waals surface area contributed by atoms with E-state index in [0.717, 1.165) is 16.5 Å². The number of aromatic nitrogens is 1. The first kappa shape index (κ1) is 23.6. The zero-order chi connectivity index (χ0) is 24.1. The van der Waals surface area contributed by atoms with Crippen LogP contribution < -0.4 is 9.47 Å². The number of hydrogen-bond acceptors (Lipinski definition) is 7. The highest BCUT2D eigenvalue weighted by atomic mass is 16.6. The Labute approximate surface area is 196 Å². The predicted octanol–water partition coefficient (Wildman–Crippen LogP) is 2.54. The summed E-state index contributed by atoms with van der Waals surface area (Å²) in [6.07, 6.45) is 1.96. The van der Waals surface area contributed by atoms with Crippen molar-refractivity contribution in [2.75, 3.05) is 33.4 Å². The van der Waals surface area contributed by atoms with E-state index in [2.05, 4.69) is 4.98 Å². The number of aromatic amines is 1. The van der Waals surface area contributed by atoms with Gasteiger partial charge in [0.15, 0.2) is 0 Å². The molecule has 1 atom stereocenters. The summed E-state index contributed by atoms with van der Waals surface area (Å²) in [5, 5.41) is 21.1. The SMILES string of the molecule is COc1cccc(C2(O)CCN(C[C@@H](COc3cccc4[nH]ccc34)OC(=O)C(=O)O)CC2)c1. The maximum atomic E-state index is 11.8. The summed E-state index contributed by atoms with van der Waals surface area (Å²) in [5.74, 6) is -1.67. The van der Waals surface area contributed by atoms with Crippen molar-refractivity contribution in [1.82, 2.24) is 9.88 Å². The lowest BCUT2D eigenvalue weighted by Crippen LogP contribution is -2.47. The second-order valence-electron chi connectivity index (χ2n) is 8.40. The van der Waals surface area contributed by atoms with Crippen LogP contribution in [0.15, 0.2) is 54.7 Å². The number of carbonyl (C=O) groups is 2. The molecule has 1 aliphatic rings. The molecular formula is C25H28N2O7. The summed E-state index contributed by atoms with van der Waals surface area (Å²) in [5.41, 5.74) is 0.714. The van der Waals surface area contributed by atoms with E-state index in [9.17, 15) is 14.7 Å². The van der Waals surface area contributed by atoms with Gasteiger partial charge in [0.2, 0.25) is 0 Å². The Morgan fingerprint density at radius 1 is 1.15 bits per heavy atom. The number of fused-ring (bicyclic) bond motifs is 1. The molecule has 9 heteroatoms. The van der Waals surface area contributed by atoms with Crippen LogP contribution in [0.25, 0.3) is 10.9 Å². The molecule has 0 amide bonds. The lowest BCUT2D eigenvalue weighted by atomic mass is 9.84. The highest BCUT2D eigenvalue weighted by molar-refractivity contribution is 6.28. The average molecular weight is 469 g/mol. The van der Waals surface area contributed by atoms with E-state index in [0.29, 0.717) is 37.4 Å². The number of piperidine rings is 1. The Kier molecular flexibility index (Phi) is 7.04. The van der Waals surface area contributed by atoms with E-state index >= 15 is 0 Å². The van der Waals surface area contributed by atoms with Gasteiger partial charge in [-0.15, -0.1) is 0 Å². The van der Waals surface area contributed by atoms with Gasteiger partial charge in [-0.2, -0.15) is 0 Å². The molecule has 3 aromatic rings. The van der Waals surface area contributed by atoms with Crippen LogP contribution in [0, 0.1) is 0 Å². The first-order valence-electron chi connectivity index (χ1n) is 11.1. The van der Waals surface area contributed by atoms with Crippen molar-refractivity contribution in [2.24, 2.45) is 0 Å². The second-order valence-corrected chi connectivity index (χ2v) is 8.40. The minimum Gasteiger partial charge on any atom is -0.497 e. The summed E-state index contributed by atoms with van der Waals surface area (Å²) >= 11 is 0. The number of ether oxygens (including phenoxy) is 3. The number of esters is 1. The minimum absolute atomic E-state index is 0.0000344. The molecule has 0 aliphatic carbocycles. The molecule has 1 aromatic heterocycles. The van der Waals surface area contributed by atoms with Gasteiger partial charge in [-0.1, -0.05) is 18.2 Å². The molecule has 2 heterocycles. The van der Waals surface area contributed by atoms with E-state index in [1.165, 1.54) is 0 Å². The molecule has 4 rings (SSSR count). The first-order chi connectivity index (χ1) is 16.4. The predicted molar refractivity (Wildman–Crippen MR) is 124 cm³/mol. The molecule has 0 unspecified atom stereocenters. The average Bonchev–Trinajstić information content (AvgIpc) is 3.33. The van der Waals surface area contributed by atoms with Crippen molar-refractivity contribution in [3.63, 3.8) is 0 Å². The quantitative estimate of drug-likeness (QED) is 0.341. The van der Waals surface area contributed by atoms with Gasteiger partial charge in [-0.3, -0.25) is 4.90 Å². The summed E-state index contributed by atoms with van der Waals surface area (Å²) in [7, 11) is 1.59. The molecule has 0 radical (unpaired) electrons. The topological polar surface area (TPSA) is 121 Å². The number of carbonyl (C=O) groups excluding carboxylic acids is 1. The molecule has 2 aromatic carbocycles. The number of hydrogen-bond donors (Lipinski definition) is 3. The normalized spacial score (nSPS) is 16.6. The lowest BCUT2D eigenvalue weighted by molar-refractivity contribution is -0.169. The van der Waals surface area contributed by atoms with Crippen LogP contribution in [-0.4, -0.2) is 71.5 Å². The molecule has 34 heavy (non-hydrogen) atoms. The molecule has 180 valence electrons. The molecule has 0 spiro atoms. The first-order valence-corrected chi connectivity index (χ1v) is 11.1. The molecule has 0 saturated carbocycles. The van der Waals surface area contributed by atoms with E-state index in [1.54, 1.807) is 19.4 Å². The van der Waals surface area contributed by atoms with Gasteiger partial charge in [0.1, 0.15) is 24.2 Å². The fourth-order valence-corrected chi connectivity index (χ4v) is 4.29. The fraction of sp³-hybridized carbons (Fsp3) is 0.360. The van der Waals surface area contributed by atoms with Crippen molar-refractivity contribution in [3.8, 4) is 11.5 Å². The molecule has 0 bridgehead atoms. The largest absolute Gasteiger partial charge is 0.497 e. The summed E-state index contributed by atoms with van der Waals surface area (Å²) in [4.78, 5) is 28.0. The summed E-state index contributed by atoms with van der Waals surface area (Å²) < 4.78 is 16.4. The lowest BCUT2D eigenvalue weighted by Gasteiger charge is -2.39. The van der Waals surface area contributed by atoms with Crippen molar-refractivity contribution in [2.45, 2.75) is 24.5 Å².